The van der Waals surface area contributed by atoms with E-state index in [1.165, 1.54) is 30.6 Å². The zero-order valence-corrected chi connectivity index (χ0v) is 20.6. The van der Waals surface area contributed by atoms with Gasteiger partial charge in [-0.3, -0.25) is 4.79 Å². The normalized spacial score (nSPS) is 12.3. The Balaban J connectivity index is 1.90. The first-order valence-electron chi connectivity index (χ1n) is 10.9. The van der Waals surface area contributed by atoms with Gasteiger partial charge in [0.05, 0.1) is 20.3 Å². The molecule has 0 bridgehead atoms. The van der Waals surface area contributed by atoms with Crippen LogP contribution in [0, 0.1) is 0 Å². The second-order valence-electron chi connectivity index (χ2n) is 7.79. The Morgan fingerprint density at radius 3 is 2.24 bits per heavy atom. The smallest absolute Gasteiger partial charge is 0.251 e. The van der Waals surface area contributed by atoms with E-state index in [4.69, 9.17) is 9.47 Å². The van der Waals surface area contributed by atoms with Crippen LogP contribution in [0.2, 0.25) is 0 Å². The number of nitrogens with zero attached hydrogens (tertiary/aromatic N) is 1. The molecule has 3 aromatic carbocycles. The summed E-state index contributed by atoms with van der Waals surface area (Å²) in [5, 5.41) is 2.99. The summed E-state index contributed by atoms with van der Waals surface area (Å²) < 4.78 is 38.7. The predicted molar refractivity (Wildman–Crippen MR) is 132 cm³/mol. The SMILES string of the molecule is CCC(NC(=O)c1ccc(OC)c(S(=O)(=O)N(C)Cc2ccccc2)c1)c1ccccc1OC. The Kier molecular flexibility index (Phi) is 8.31. The van der Waals surface area contributed by atoms with Gasteiger partial charge in [0, 0.05) is 24.7 Å². The highest BCUT2D eigenvalue weighted by Crippen LogP contribution is 2.30. The highest BCUT2D eigenvalue weighted by molar-refractivity contribution is 7.89. The van der Waals surface area contributed by atoms with E-state index in [0.29, 0.717) is 12.2 Å². The lowest BCUT2D eigenvalue weighted by Gasteiger charge is -2.21. The van der Waals surface area contributed by atoms with Gasteiger partial charge in [0.1, 0.15) is 16.4 Å². The van der Waals surface area contributed by atoms with Gasteiger partial charge >= 0.3 is 0 Å². The van der Waals surface area contributed by atoms with Gasteiger partial charge in [0.25, 0.3) is 5.91 Å². The minimum Gasteiger partial charge on any atom is -0.496 e. The molecule has 180 valence electrons. The minimum atomic E-state index is -3.92. The van der Waals surface area contributed by atoms with Crippen molar-refractivity contribution in [2.24, 2.45) is 0 Å². The molecule has 1 atom stereocenters. The number of rotatable bonds is 10. The van der Waals surface area contributed by atoms with Crippen LogP contribution in [-0.2, 0) is 16.6 Å². The van der Waals surface area contributed by atoms with Gasteiger partial charge in [-0.05, 0) is 36.2 Å². The van der Waals surface area contributed by atoms with Crippen LogP contribution in [0.4, 0.5) is 0 Å². The average molecular weight is 483 g/mol. The van der Waals surface area contributed by atoms with Gasteiger partial charge in [-0.2, -0.15) is 4.31 Å². The molecule has 0 fully saturated rings. The summed E-state index contributed by atoms with van der Waals surface area (Å²) >= 11 is 0. The third-order valence-electron chi connectivity index (χ3n) is 5.59. The van der Waals surface area contributed by atoms with Crippen molar-refractivity contribution < 1.29 is 22.7 Å². The Bertz CT molecular complexity index is 1230. The highest BCUT2D eigenvalue weighted by atomic mass is 32.2. The van der Waals surface area contributed by atoms with Gasteiger partial charge in [-0.1, -0.05) is 55.5 Å². The Labute approximate surface area is 201 Å². The molecule has 3 rings (SSSR count). The van der Waals surface area contributed by atoms with Crippen molar-refractivity contribution >= 4 is 15.9 Å². The molecule has 0 aromatic heterocycles. The fourth-order valence-corrected chi connectivity index (χ4v) is 5.04. The molecule has 3 aromatic rings. The zero-order chi connectivity index (χ0) is 24.7. The third kappa shape index (κ3) is 5.58. The number of benzene rings is 3. The van der Waals surface area contributed by atoms with Crippen LogP contribution in [0.1, 0.15) is 40.9 Å². The molecular formula is C26H30N2O5S. The topological polar surface area (TPSA) is 84.9 Å². The molecule has 1 N–H and O–H groups in total. The van der Waals surface area contributed by atoms with Crippen LogP contribution in [0.25, 0.3) is 0 Å². The van der Waals surface area contributed by atoms with Crippen molar-refractivity contribution in [2.45, 2.75) is 30.8 Å². The zero-order valence-electron chi connectivity index (χ0n) is 19.8. The number of hydrogen-bond donors (Lipinski definition) is 1. The second-order valence-corrected chi connectivity index (χ2v) is 9.80. The van der Waals surface area contributed by atoms with Gasteiger partial charge < -0.3 is 14.8 Å². The van der Waals surface area contributed by atoms with E-state index in [9.17, 15) is 13.2 Å². The van der Waals surface area contributed by atoms with Crippen LogP contribution in [0.3, 0.4) is 0 Å². The molecule has 0 aliphatic rings. The molecule has 0 aliphatic heterocycles. The van der Waals surface area contributed by atoms with Crippen molar-refractivity contribution in [3.8, 4) is 11.5 Å². The van der Waals surface area contributed by atoms with Crippen LogP contribution in [-0.4, -0.2) is 39.9 Å². The van der Waals surface area contributed by atoms with E-state index in [-0.39, 0.29) is 34.7 Å². The van der Waals surface area contributed by atoms with Crippen molar-refractivity contribution in [3.05, 3.63) is 89.5 Å². The molecule has 8 heteroatoms. The number of methoxy groups -OCH3 is 2. The summed E-state index contributed by atoms with van der Waals surface area (Å²) in [5.41, 5.74) is 1.93. The molecule has 0 aliphatic carbocycles. The lowest BCUT2D eigenvalue weighted by atomic mass is 10.0. The standard InChI is InChI=1S/C26H30N2O5S/c1-5-22(21-13-9-10-14-23(21)32-3)27-26(29)20-15-16-24(33-4)25(17-20)34(30,31)28(2)18-19-11-7-6-8-12-19/h6-17,22H,5,18H2,1-4H3,(H,27,29). The molecule has 1 unspecified atom stereocenters. The van der Waals surface area contributed by atoms with Crippen LogP contribution < -0.4 is 14.8 Å². The molecule has 34 heavy (non-hydrogen) atoms. The molecular weight excluding hydrogens is 452 g/mol. The van der Waals surface area contributed by atoms with E-state index >= 15 is 0 Å². The van der Waals surface area contributed by atoms with Gasteiger partial charge in [0.2, 0.25) is 10.0 Å². The lowest BCUT2D eigenvalue weighted by Crippen LogP contribution is -2.30. The van der Waals surface area contributed by atoms with Crippen molar-refractivity contribution in [1.29, 1.82) is 0 Å². The average Bonchev–Trinajstić information content (AvgIpc) is 2.87. The van der Waals surface area contributed by atoms with E-state index < -0.39 is 10.0 Å². The highest BCUT2D eigenvalue weighted by Gasteiger charge is 2.27. The van der Waals surface area contributed by atoms with Crippen molar-refractivity contribution in [1.82, 2.24) is 9.62 Å². The predicted octanol–water partition coefficient (Wildman–Crippen LogP) is 4.41. The van der Waals surface area contributed by atoms with Crippen molar-refractivity contribution in [2.75, 3.05) is 21.3 Å². The lowest BCUT2D eigenvalue weighted by molar-refractivity contribution is 0.0935. The van der Waals surface area contributed by atoms with Gasteiger partial charge in [-0.15, -0.1) is 0 Å². The monoisotopic (exact) mass is 482 g/mol. The molecule has 0 saturated carbocycles. The summed E-state index contributed by atoms with van der Waals surface area (Å²) in [5.74, 6) is 0.464. The van der Waals surface area contributed by atoms with E-state index in [1.54, 1.807) is 13.2 Å². The maximum atomic E-state index is 13.4. The fraction of sp³-hybridized carbons (Fsp3) is 0.269. The summed E-state index contributed by atoms with van der Waals surface area (Å²) in [6, 6.07) is 20.9. The number of para-hydroxylation sites is 1. The van der Waals surface area contributed by atoms with Gasteiger partial charge in [0.15, 0.2) is 0 Å². The number of hydrogen-bond acceptors (Lipinski definition) is 5. The summed E-state index contributed by atoms with van der Waals surface area (Å²) in [6.45, 7) is 2.15. The quantitative estimate of drug-likeness (QED) is 0.463. The first kappa shape index (κ1) is 25.3. The van der Waals surface area contributed by atoms with Crippen LogP contribution >= 0.6 is 0 Å². The maximum absolute atomic E-state index is 13.4. The minimum absolute atomic E-state index is 0.0635. The number of carbonyl (C=O) groups excluding carboxylic acids is 1. The Morgan fingerprint density at radius 2 is 1.59 bits per heavy atom. The summed E-state index contributed by atoms with van der Waals surface area (Å²) in [4.78, 5) is 13.1. The number of nitrogens with one attached hydrogen (secondary N) is 1. The molecule has 1 amide bonds. The summed E-state index contributed by atoms with van der Waals surface area (Å²) in [6.07, 6.45) is 0.632. The molecule has 0 heterocycles. The summed E-state index contributed by atoms with van der Waals surface area (Å²) in [7, 11) is 0.565. The van der Waals surface area contributed by atoms with Crippen LogP contribution in [0.5, 0.6) is 11.5 Å². The van der Waals surface area contributed by atoms with Crippen molar-refractivity contribution in [3.63, 3.8) is 0 Å². The molecule has 0 radical (unpaired) electrons. The fourth-order valence-electron chi connectivity index (χ4n) is 3.71. The molecule has 7 nitrogen and oxygen atoms in total. The first-order chi connectivity index (χ1) is 16.3. The van der Waals surface area contributed by atoms with E-state index in [2.05, 4.69) is 5.32 Å². The number of carbonyl (C=O) groups is 1. The van der Waals surface area contributed by atoms with Crippen LogP contribution in [0.15, 0.2) is 77.7 Å². The van der Waals surface area contributed by atoms with E-state index in [1.807, 2.05) is 61.5 Å². The second kappa shape index (κ2) is 11.2. The Hall–Kier alpha value is -3.36. The first-order valence-corrected chi connectivity index (χ1v) is 12.4. The number of ether oxygens (including phenoxy) is 2. The molecule has 0 spiro atoms. The maximum Gasteiger partial charge on any atom is 0.251 e. The molecule has 0 saturated heterocycles. The van der Waals surface area contributed by atoms with Gasteiger partial charge in [-0.25, -0.2) is 8.42 Å². The number of sulfonamides is 1. The third-order valence-corrected chi connectivity index (χ3v) is 7.41. The van der Waals surface area contributed by atoms with E-state index in [0.717, 1.165) is 11.1 Å². The largest absolute Gasteiger partial charge is 0.496 e. The Morgan fingerprint density at radius 1 is 0.941 bits per heavy atom. The number of amides is 1.